The zero-order chi connectivity index (χ0) is 11.9. The fraction of sp³-hybridized carbons (Fsp3) is 0.667. The Morgan fingerprint density at radius 2 is 2.53 bits per heavy atom. The van der Waals surface area contributed by atoms with Crippen molar-refractivity contribution in [2.24, 2.45) is 11.3 Å². The van der Waals surface area contributed by atoms with E-state index in [4.69, 9.17) is 5.73 Å². The summed E-state index contributed by atoms with van der Waals surface area (Å²) in [5.41, 5.74) is 5.95. The number of carbonyl (C=O) groups is 1. The van der Waals surface area contributed by atoms with Gasteiger partial charge in [0.1, 0.15) is 4.88 Å². The van der Waals surface area contributed by atoms with Gasteiger partial charge in [0, 0.05) is 6.54 Å². The lowest BCUT2D eigenvalue weighted by Gasteiger charge is -2.21. The monoisotopic (exact) mass is 251 g/mol. The summed E-state index contributed by atoms with van der Waals surface area (Å²) in [6, 6.07) is 0. The number of carbonyl (C=O) groups excluding carboxylic acids is 1. The summed E-state index contributed by atoms with van der Waals surface area (Å²) in [6.07, 6.45) is 8.17. The summed E-state index contributed by atoms with van der Waals surface area (Å²) in [5, 5.41) is 3.49. The lowest BCUT2D eigenvalue weighted by atomic mass is 9.88. The molecule has 17 heavy (non-hydrogen) atoms. The third-order valence-electron chi connectivity index (χ3n) is 4.18. The van der Waals surface area contributed by atoms with Gasteiger partial charge in [0.2, 0.25) is 0 Å². The van der Waals surface area contributed by atoms with Crippen LogP contribution < -0.4 is 11.1 Å². The molecule has 2 atom stereocenters. The molecule has 3 rings (SSSR count). The minimum absolute atomic E-state index is 0.0233. The molecule has 0 unspecified atom stereocenters. The second-order valence-corrected chi connectivity index (χ2v) is 6.32. The molecular weight excluding hydrogens is 234 g/mol. The standard InChI is InChI=1S/C12H17N3OS/c13-11-14-6-9(17-11)10(16)15-7-12-4-2-1-3-8(12)5-12/h6,8H,1-5,7H2,(H2,13,14)(H,15,16)/t8-,12-/m1/s1. The van der Waals surface area contributed by atoms with Crippen LogP contribution in [0.4, 0.5) is 5.13 Å². The third kappa shape index (κ3) is 2.04. The predicted molar refractivity (Wildman–Crippen MR) is 67.9 cm³/mol. The summed E-state index contributed by atoms with van der Waals surface area (Å²) in [4.78, 5) is 16.4. The average molecular weight is 251 g/mol. The quantitative estimate of drug-likeness (QED) is 0.863. The van der Waals surface area contributed by atoms with Crippen molar-refractivity contribution in [1.29, 1.82) is 0 Å². The van der Waals surface area contributed by atoms with Gasteiger partial charge in [0.15, 0.2) is 5.13 Å². The van der Waals surface area contributed by atoms with E-state index < -0.39 is 0 Å². The van der Waals surface area contributed by atoms with E-state index in [9.17, 15) is 4.79 Å². The number of rotatable bonds is 3. The zero-order valence-electron chi connectivity index (χ0n) is 9.74. The van der Waals surface area contributed by atoms with Crippen LogP contribution in [0.15, 0.2) is 6.20 Å². The first-order chi connectivity index (χ1) is 8.20. The number of hydrogen-bond acceptors (Lipinski definition) is 4. The summed E-state index contributed by atoms with van der Waals surface area (Å²) in [7, 11) is 0. The van der Waals surface area contributed by atoms with Crippen LogP contribution >= 0.6 is 11.3 Å². The molecule has 1 heterocycles. The molecule has 0 aliphatic heterocycles. The maximum Gasteiger partial charge on any atom is 0.263 e. The van der Waals surface area contributed by atoms with Crippen molar-refractivity contribution in [3.63, 3.8) is 0 Å². The smallest absolute Gasteiger partial charge is 0.263 e. The molecule has 1 amide bonds. The summed E-state index contributed by atoms with van der Waals surface area (Å²) >= 11 is 1.25. The van der Waals surface area contributed by atoms with Gasteiger partial charge in [-0.05, 0) is 30.6 Å². The Kier molecular flexibility index (Phi) is 2.58. The minimum atomic E-state index is -0.0233. The summed E-state index contributed by atoms with van der Waals surface area (Å²) in [6.45, 7) is 0.828. The van der Waals surface area contributed by atoms with E-state index in [2.05, 4.69) is 10.3 Å². The number of fused-ring (bicyclic) bond motifs is 1. The molecule has 2 aliphatic carbocycles. The van der Waals surface area contributed by atoms with Crippen LogP contribution in [0.5, 0.6) is 0 Å². The van der Waals surface area contributed by atoms with Crippen molar-refractivity contribution < 1.29 is 4.79 Å². The van der Waals surface area contributed by atoms with Gasteiger partial charge in [-0.2, -0.15) is 0 Å². The van der Waals surface area contributed by atoms with Crippen molar-refractivity contribution >= 4 is 22.4 Å². The Labute approximate surface area is 105 Å². The van der Waals surface area contributed by atoms with Crippen molar-refractivity contribution in [2.45, 2.75) is 32.1 Å². The maximum absolute atomic E-state index is 11.9. The largest absolute Gasteiger partial charge is 0.375 e. The van der Waals surface area contributed by atoms with Crippen LogP contribution in [0.25, 0.3) is 0 Å². The molecule has 92 valence electrons. The second-order valence-electron chi connectivity index (χ2n) is 5.25. The molecule has 0 aromatic carbocycles. The van der Waals surface area contributed by atoms with Gasteiger partial charge in [0.25, 0.3) is 5.91 Å². The van der Waals surface area contributed by atoms with Crippen molar-refractivity contribution in [3.8, 4) is 0 Å². The van der Waals surface area contributed by atoms with Crippen LogP contribution in [-0.2, 0) is 0 Å². The van der Waals surface area contributed by atoms with Crippen LogP contribution in [0.2, 0.25) is 0 Å². The van der Waals surface area contributed by atoms with Gasteiger partial charge in [-0.1, -0.05) is 24.2 Å². The second kappa shape index (κ2) is 3.98. The number of nitrogens with zero attached hydrogens (tertiary/aromatic N) is 1. The number of thiazole rings is 1. The number of anilines is 1. The summed E-state index contributed by atoms with van der Waals surface area (Å²) in [5.74, 6) is 0.841. The number of aromatic nitrogens is 1. The fourth-order valence-electron chi connectivity index (χ4n) is 3.05. The average Bonchev–Trinajstić information content (AvgIpc) is 2.92. The highest BCUT2D eigenvalue weighted by Crippen LogP contribution is 2.60. The highest BCUT2D eigenvalue weighted by Gasteiger charge is 2.54. The molecule has 0 spiro atoms. The van der Waals surface area contributed by atoms with Crippen LogP contribution in [-0.4, -0.2) is 17.4 Å². The molecule has 2 fully saturated rings. The molecule has 0 radical (unpaired) electrons. The number of amides is 1. The molecule has 0 saturated heterocycles. The number of hydrogen-bond donors (Lipinski definition) is 2. The van der Waals surface area contributed by atoms with Crippen molar-refractivity contribution in [1.82, 2.24) is 10.3 Å². The van der Waals surface area contributed by atoms with E-state index in [1.165, 1.54) is 43.4 Å². The van der Waals surface area contributed by atoms with Crippen molar-refractivity contribution in [2.75, 3.05) is 12.3 Å². The molecule has 2 saturated carbocycles. The van der Waals surface area contributed by atoms with Gasteiger partial charge in [-0.15, -0.1) is 0 Å². The minimum Gasteiger partial charge on any atom is -0.375 e. The van der Waals surface area contributed by atoms with Gasteiger partial charge in [-0.3, -0.25) is 4.79 Å². The third-order valence-corrected chi connectivity index (χ3v) is 5.01. The number of nitrogens with two attached hydrogens (primary N) is 1. The van der Waals surface area contributed by atoms with E-state index in [0.717, 1.165) is 12.5 Å². The molecule has 4 nitrogen and oxygen atoms in total. The first-order valence-electron chi connectivity index (χ1n) is 6.19. The lowest BCUT2D eigenvalue weighted by molar-refractivity contribution is 0.0943. The number of nitrogen functional groups attached to an aromatic ring is 1. The first-order valence-corrected chi connectivity index (χ1v) is 7.01. The Bertz CT molecular complexity index is 445. The molecule has 1 aromatic heterocycles. The van der Waals surface area contributed by atoms with E-state index >= 15 is 0 Å². The van der Waals surface area contributed by atoms with Crippen LogP contribution in [0.3, 0.4) is 0 Å². The molecular formula is C12H17N3OS. The van der Waals surface area contributed by atoms with Gasteiger partial charge >= 0.3 is 0 Å². The van der Waals surface area contributed by atoms with E-state index in [1.54, 1.807) is 6.20 Å². The highest BCUT2D eigenvalue weighted by molar-refractivity contribution is 7.17. The Hall–Kier alpha value is -1.10. The van der Waals surface area contributed by atoms with Crippen LogP contribution in [0, 0.1) is 11.3 Å². The van der Waals surface area contributed by atoms with Crippen LogP contribution in [0.1, 0.15) is 41.8 Å². The lowest BCUT2D eigenvalue weighted by Crippen LogP contribution is -2.31. The molecule has 1 aromatic rings. The first kappa shape index (κ1) is 11.0. The highest BCUT2D eigenvalue weighted by atomic mass is 32.1. The topological polar surface area (TPSA) is 68.0 Å². The predicted octanol–water partition coefficient (Wildman–Crippen LogP) is 2.04. The summed E-state index contributed by atoms with van der Waals surface area (Å²) < 4.78 is 0. The maximum atomic E-state index is 11.9. The molecule has 3 N–H and O–H groups in total. The molecule has 5 heteroatoms. The molecule has 0 bridgehead atoms. The van der Waals surface area contributed by atoms with E-state index in [1.807, 2.05) is 0 Å². The van der Waals surface area contributed by atoms with Gasteiger partial charge in [-0.25, -0.2) is 4.98 Å². The van der Waals surface area contributed by atoms with Gasteiger partial charge < -0.3 is 11.1 Å². The fourth-order valence-corrected chi connectivity index (χ4v) is 3.66. The van der Waals surface area contributed by atoms with Gasteiger partial charge in [0.05, 0.1) is 6.20 Å². The molecule has 2 aliphatic rings. The van der Waals surface area contributed by atoms with E-state index in [-0.39, 0.29) is 5.91 Å². The normalized spacial score (nSPS) is 30.7. The Morgan fingerprint density at radius 1 is 1.65 bits per heavy atom. The zero-order valence-corrected chi connectivity index (χ0v) is 10.6. The SMILES string of the molecule is Nc1ncc(C(=O)NC[C@]23CCCC[C@@H]2C3)s1. The van der Waals surface area contributed by atoms with E-state index in [0.29, 0.717) is 15.4 Å². The Morgan fingerprint density at radius 3 is 3.24 bits per heavy atom. The Balaban J connectivity index is 1.56. The number of nitrogens with one attached hydrogen (secondary N) is 1. The van der Waals surface area contributed by atoms with Crippen molar-refractivity contribution in [3.05, 3.63) is 11.1 Å².